The van der Waals surface area contributed by atoms with E-state index in [1.54, 1.807) is 24.0 Å². The lowest BCUT2D eigenvalue weighted by Crippen LogP contribution is -2.51. The zero-order chi connectivity index (χ0) is 22.9. The van der Waals surface area contributed by atoms with E-state index in [1.165, 1.54) is 17.0 Å². The molecule has 168 valence electrons. The fraction of sp³-hybridized carbons (Fsp3) is 0.400. The molecule has 0 N–H and O–H groups in total. The molecule has 0 aliphatic carbocycles. The Balaban J connectivity index is 1.53. The molecule has 7 heteroatoms. The average molecular weight is 438 g/mol. The van der Waals surface area contributed by atoms with Crippen LogP contribution in [-0.4, -0.2) is 60.2 Å². The molecular formula is C25H28FN3O3. The summed E-state index contributed by atoms with van der Waals surface area (Å²) in [5.41, 5.74) is 1.43. The van der Waals surface area contributed by atoms with Crippen LogP contribution in [0.5, 0.6) is 0 Å². The predicted octanol–water partition coefficient (Wildman–Crippen LogP) is 2.89. The Morgan fingerprint density at radius 3 is 2.25 bits per heavy atom. The first kappa shape index (κ1) is 22.0. The van der Waals surface area contributed by atoms with Crippen molar-refractivity contribution >= 4 is 23.4 Å². The molecule has 0 bridgehead atoms. The van der Waals surface area contributed by atoms with E-state index in [2.05, 4.69) is 4.90 Å². The lowest BCUT2D eigenvalue weighted by Gasteiger charge is -2.38. The minimum atomic E-state index is -1.15. The molecule has 2 heterocycles. The summed E-state index contributed by atoms with van der Waals surface area (Å²) in [6.45, 7) is 6.27. The first-order valence-corrected chi connectivity index (χ1v) is 11.0. The minimum Gasteiger partial charge on any atom is -0.368 e. The number of carbonyl (C=O) groups is 3. The number of hydrogen-bond donors (Lipinski definition) is 0. The smallest absolute Gasteiger partial charge is 0.240 e. The zero-order valence-electron chi connectivity index (χ0n) is 18.5. The average Bonchev–Trinajstić information content (AvgIpc) is 3.04. The number of rotatable bonds is 5. The predicted molar refractivity (Wildman–Crippen MR) is 120 cm³/mol. The Morgan fingerprint density at radius 2 is 1.66 bits per heavy atom. The number of carbonyl (C=O) groups excluding carboxylic acids is 3. The van der Waals surface area contributed by atoms with Crippen molar-refractivity contribution in [2.75, 3.05) is 37.6 Å². The van der Waals surface area contributed by atoms with Crippen LogP contribution in [0, 0.1) is 12.7 Å². The Morgan fingerprint density at radius 1 is 1.00 bits per heavy atom. The Kier molecular flexibility index (Phi) is 6.00. The van der Waals surface area contributed by atoms with Crippen molar-refractivity contribution in [3.8, 4) is 0 Å². The quantitative estimate of drug-likeness (QED) is 0.675. The third-order valence-corrected chi connectivity index (χ3v) is 6.66. The molecule has 3 amide bonds. The number of nitrogens with zero attached hydrogens (tertiary/aromatic N) is 3. The number of anilines is 1. The monoisotopic (exact) mass is 437 g/mol. The van der Waals surface area contributed by atoms with E-state index in [4.69, 9.17) is 0 Å². The molecule has 2 saturated heterocycles. The largest absolute Gasteiger partial charge is 0.368 e. The molecule has 32 heavy (non-hydrogen) atoms. The highest BCUT2D eigenvalue weighted by molar-refractivity contribution is 6.10. The number of benzene rings is 2. The summed E-state index contributed by atoms with van der Waals surface area (Å²) in [4.78, 5) is 44.6. The van der Waals surface area contributed by atoms with Gasteiger partial charge in [0.1, 0.15) is 5.82 Å². The molecule has 0 saturated carbocycles. The van der Waals surface area contributed by atoms with Gasteiger partial charge in [-0.3, -0.25) is 19.3 Å². The molecule has 2 aliphatic rings. The fourth-order valence-corrected chi connectivity index (χ4v) is 4.91. The van der Waals surface area contributed by atoms with Crippen molar-refractivity contribution in [3.05, 3.63) is 65.5 Å². The van der Waals surface area contributed by atoms with E-state index in [0.29, 0.717) is 32.7 Å². The van der Waals surface area contributed by atoms with Crippen molar-refractivity contribution in [3.63, 3.8) is 0 Å². The van der Waals surface area contributed by atoms with Gasteiger partial charge in [0.2, 0.25) is 17.7 Å². The second-order valence-electron chi connectivity index (χ2n) is 8.54. The number of piperazine rings is 1. The number of amides is 3. The van der Waals surface area contributed by atoms with Crippen LogP contribution in [0.4, 0.5) is 10.1 Å². The minimum absolute atomic E-state index is 0.0184. The van der Waals surface area contributed by atoms with Crippen molar-refractivity contribution in [2.45, 2.75) is 32.1 Å². The number of likely N-dealkylation sites (N-methyl/N-ethyl adjacent to an activating group) is 1. The molecule has 2 fully saturated rings. The number of hydrogen-bond acceptors (Lipinski definition) is 4. The normalized spacial score (nSPS) is 21.4. The molecule has 2 aromatic carbocycles. The number of halogens is 1. The van der Waals surface area contributed by atoms with Gasteiger partial charge in [-0.15, -0.1) is 0 Å². The highest BCUT2D eigenvalue weighted by Gasteiger charge is 2.54. The van der Waals surface area contributed by atoms with Crippen molar-refractivity contribution in [1.82, 2.24) is 9.80 Å². The molecule has 4 rings (SSSR count). The zero-order valence-corrected chi connectivity index (χ0v) is 18.5. The van der Waals surface area contributed by atoms with Crippen LogP contribution in [0.25, 0.3) is 0 Å². The molecule has 0 spiro atoms. The number of imide groups is 1. The van der Waals surface area contributed by atoms with Crippen molar-refractivity contribution in [1.29, 1.82) is 0 Å². The van der Waals surface area contributed by atoms with E-state index < -0.39 is 5.41 Å². The van der Waals surface area contributed by atoms with Gasteiger partial charge in [-0.2, -0.15) is 0 Å². The van der Waals surface area contributed by atoms with E-state index in [1.807, 2.05) is 31.2 Å². The van der Waals surface area contributed by atoms with Crippen LogP contribution in [0.2, 0.25) is 0 Å². The SMILES string of the molecule is CCN1C(=O)C[C@@](CC(=O)N2CCN(c3ccc(F)cc3)CC2)(c2ccccc2C)C1=O. The first-order valence-electron chi connectivity index (χ1n) is 11.0. The van der Waals surface area contributed by atoms with Gasteiger partial charge in [-0.25, -0.2) is 4.39 Å². The highest BCUT2D eigenvalue weighted by atomic mass is 19.1. The highest BCUT2D eigenvalue weighted by Crippen LogP contribution is 2.41. The molecule has 2 aromatic rings. The Bertz CT molecular complexity index is 1030. The van der Waals surface area contributed by atoms with E-state index >= 15 is 0 Å². The maximum Gasteiger partial charge on any atom is 0.240 e. The van der Waals surface area contributed by atoms with Gasteiger partial charge in [0.05, 0.1) is 5.41 Å². The lowest BCUT2D eigenvalue weighted by atomic mass is 9.74. The van der Waals surface area contributed by atoms with Crippen LogP contribution in [0.1, 0.15) is 30.9 Å². The maximum atomic E-state index is 13.4. The standard InChI is InChI=1S/C25H28FN3O3/c1-3-29-23(31)17-25(24(29)32,21-7-5-4-6-18(21)2)16-22(30)28-14-12-27(13-15-28)20-10-8-19(26)9-11-20/h4-11H,3,12-17H2,1-2H3/t25-/m0/s1. The van der Waals surface area contributed by atoms with Crippen LogP contribution >= 0.6 is 0 Å². The van der Waals surface area contributed by atoms with Crippen LogP contribution in [0.15, 0.2) is 48.5 Å². The molecule has 6 nitrogen and oxygen atoms in total. The van der Waals surface area contributed by atoms with Crippen molar-refractivity contribution in [2.24, 2.45) is 0 Å². The summed E-state index contributed by atoms with van der Waals surface area (Å²) in [7, 11) is 0. The van der Waals surface area contributed by atoms with Crippen LogP contribution in [-0.2, 0) is 19.8 Å². The molecule has 0 radical (unpaired) electrons. The second kappa shape index (κ2) is 8.73. The fourth-order valence-electron chi connectivity index (χ4n) is 4.91. The van der Waals surface area contributed by atoms with Gasteiger partial charge in [0, 0.05) is 51.3 Å². The summed E-state index contributed by atoms with van der Waals surface area (Å²) in [5, 5.41) is 0. The summed E-state index contributed by atoms with van der Waals surface area (Å²) < 4.78 is 13.2. The van der Waals surface area contributed by atoms with E-state index in [0.717, 1.165) is 16.8 Å². The summed E-state index contributed by atoms with van der Waals surface area (Å²) in [6.07, 6.45) is 0.00128. The topological polar surface area (TPSA) is 60.9 Å². The number of aryl methyl sites for hydroxylation is 1. The van der Waals surface area contributed by atoms with Gasteiger partial charge in [0.15, 0.2) is 0 Å². The van der Waals surface area contributed by atoms with Crippen molar-refractivity contribution < 1.29 is 18.8 Å². The third kappa shape index (κ3) is 3.87. The first-order chi connectivity index (χ1) is 15.4. The third-order valence-electron chi connectivity index (χ3n) is 6.66. The summed E-state index contributed by atoms with van der Waals surface area (Å²) in [5.74, 6) is -0.903. The summed E-state index contributed by atoms with van der Waals surface area (Å²) in [6, 6.07) is 13.9. The molecule has 0 aromatic heterocycles. The Hall–Kier alpha value is -3.22. The van der Waals surface area contributed by atoms with Gasteiger partial charge in [0.25, 0.3) is 0 Å². The Labute approximate surface area is 187 Å². The van der Waals surface area contributed by atoms with Gasteiger partial charge in [-0.05, 0) is 49.2 Å². The summed E-state index contributed by atoms with van der Waals surface area (Å²) >= 11 is 0. The van der Waals surface area contributed by atoms with Gasteiger partial charge >= 0.3 is 0 Å². The molecule has 1 atom stereocenters. The van der Waals surface area contributed by atoms with Gasteiger partial charge < -0.3 is 9.80 Å². The maximum absolute atomic E-state index is 13.4. The lowest BCUT2D eigenvalue weighted by molar-refractivity contribution is -0.142. The molecule has 2 aliphatic heterocycles. The number of likely N-dealkylation sites (tertiary alicyclic amines) is 1. The van der Waals surface area contributed by atoms with Crippen LogP contribution in [0.3, 0.4) is 0 Å². The van der Waals surface area contributed by atoms with E-state index in [-0.39, 0.29) is 36.4 Å². The molecule has 0 unspecified atom stereocenters. The second-order valence-corrected chi connectivity index (χ2v) is 8.54. The molecular weight excluding hydrogens is 409 g/mol. The van der Waals surface area contributed by atoms with Gasteiger partial charge in [-0.1, -0.05) is 24.3 Å². The van der Waals surface area contributed by atoms with E-state index in [9.17, 15) is 18.8 Å². The van der Waals surface area contributed by atoms with Crippen LogP contribution < -0.4 is 4.90 Å².